The Bertz CT molecular complexity index is 252. The molecule has 0 radical (unpaired) electrons. The van der Waals surface area contributed by atoms with E-state index < -0.39 is 0 Å². The van der Waals surface area contributed by atoms with Gasteiger partial charge in [0.05, 0.1) is 0 Å². The summed E-state index contributed by atoms with van der Waals surface area (Å²) >= 11 is 0. The van der Waals surface area contributed by atoms with Crippen LogP contribution in [0.1, 0.15) is 19.8 Å². The van der Waals surface area contributed by atoms with Gasteiger partial charge in [-0.2, -0.15) is 5.57 Å². The Balaban J connectivity index is 0. The number of rotatable bonds is 3. The molecule has 0 unspecified atom stereocenters. The zero-order valence-electron chi connectivity index (χ0n) is 8.02. The predicted octanol–water partition coefficient (Wildman–Crippen LogP) is 2.04. The third kappa shape index (κ3) is 9.27. The minimum Gasteiger partial charge on any atom is -0.541 e. The molecule has 0 N–H and O–H groups in total. The van der Waals surface area contributed by atoms with Crippen molar-refractivity contribution in [2.45, 2.75) is 19.8 Å². The van der Waals surface area contributed by atoms with Crippen molar-refractivity contribution in [3.8, 4) is 0 Å². The summed E-state index contributed by atoms with van der Waals surface area (Å²) in [6.07, 6.45) is 10.2. The Kier molecular flexibility index (Phi) is 11.5. The summed E-state index contributed by atoms with van der Waals surface area (Å²) in [6.45, 7) is 5.28. The first-order valence-corrected chi connectivity index (χ1v) is 3.94. The van der Waals surface area contributed by atoms with Gasteiger partial charge in [-0.3, -0.25) is 6.29 Å². The van der Waals surface area contributed by atoms with Crippen LogP contribution in [0.5, 0.6) is 0 Å². The van der Waals surface area contributed by atoms with Gasteiger partial charge in [0.2, 0.25) is 0 Å². The van der Waals surface area contributed by atoms with E-state index in [4.69, 9.17) is 0 Å². The summed E-state index contributed by atoms with van der Waals surface area (Å²) in [5.41, 5.74) is 1.62. The van der Waals surface area contributed by atoms with Crippen molar-refractivity contribution < 1.29 is 29.1 Å². The first-order valence-electron chi connectivity index (χ1n) is 3.94. The maximum Gasteiger partial charge on any atom is 2.00 e. The molecule has 0 spiro atoms. The molecule has 0 bridgehead atoms. The molecule has 3 heteroatoms. The molecule has 1 aliphatic rings. The molecule has 76 valence electrons. The number of hydrogen-bond donors (Lipinski definition) is 0. The molecule has 14 heavy (non-hydrogen) atoms. The maximum atomic E-state index is 9.77. The molecule has 0 atom stereocenters. The molecular formula is C11H12O2Ru. The van der Waals surface area contributed by atoms with Crippen molar-refractivity contribution in [2.75, 3.05) is 0 Å². The number of allylic oxidation sites excluding steroid dienone is 5. The normalized spacial score (nSPS) is 11.6. The molecule has 0 aromatic carbocycles. The largest absolute Gasteiger partial charge is 2.00 e. The monoisotopic (exact) mass is 278 g/mol. The zero-order chi connectivity index (χ0) is 10.1. The van der Waals surface area contributed by atoms with E-state index >= 15 is 0 Å². The van der Waals surface area contributed by atoms with Gasteiger partial charge in [0.25, 0.3) is 0 Å². The van der Waals surface area contributed by atoms with E-state index in [0.29, 0.717) is 6.42 Å². The Labute approximate surface area is 97.5 Å². The first kappa shape index (κ1) is 15.6. The van der Waals surface area contributed by atoms with E-state index in [-0.39, 0.29) is 19.5 Å². The summed E-state index contributed by atoms with van der Waals surface area (Å²) in [5.74, 6) is 0. The van der Waals surface area contributed by atoms with Crippen LogP contribution in [0, 0.1) is 0 Å². The molecule has 0 aromatic heterocycles. The van der Waals surface area contributed by atoms with E-state index in [9.17, 15) is 9.59 Å². The molecule has 0 amide bonds. The van der Waals surface area contributed by atoms with Crippen LogP contribution in [0.15, 0.2) is 36.0 Å². The average Bonchev–Trinajstić information content (AvgIpc) is 2.56. The summed E-state index contributed by atoms with van der Waals surface area (Å²) in [7, 11) is 0. The van der Waals surface area contributed by atoms with Crippen LogP contribution in [0.3, 0.4) is 0 Å². The summed E-state index contributed by atoms with van der Waals surface area (Å²) in [6, 6.07) is 0. The van der Waals surface area contributed by atoms with Gasteiger partial charge in [0.15, 0.2) is 0 Å². The predicted molar refractivity (Wildman–Crippen MR) is 52.7 cm³/mol. The fourth-order valence-electron chi connectivity index (χ4n) is 0.646. The van der Waals surface area contributed by atoms with Crippen LogP contribution in [0.4, 0.5) is 0 Å². The van der Waals surface area contributed by atoms with Crippen LogP contribution in [-0.4, -0.2) is 12.6 Å². The van der Waals surface area contributed by atoms with E-state index in [1.54, 1.807) is 19.3 Å². The quantitative estimate of drug-likeness (QED) is 0.449. The standard InChI is InChI=1S/C6H5O.C5H7O.Ru/c7-5-6-3-1-2-4-6;1-5(2)3-4-6;/h1-3H,4H2;1,3H2,2H3;/q2*-1;+2. The Hall–Kier alpha value is -0.817. The van der Waals surface area contributed by atoms with E-state index in [1.807, 2.05) is 18.4 Å². The number of hydrogen-bond acceptors (Lipinski definition) is 2. The molecule has 0 saturated carbocycles. The van der Waals surface area contributed by atoms with Gasteiger partial charge < -0.3 is 9.59 Å². The smallest absolute Gasteiger partial charge is 0.541 e. The van der Waals surface area contributed by atoms with Crippen LogP contribution in [-0.2, 0) is 29.1 Å². The number of carbonyl (C=O) groups excluding carboxylic acids is 2. The molecule has 0 aromatic rings. The Morgan fingerprint density at radius 3 is 2.36 bits per heavy atom. The second-order valence-electron chi connectivity index (χ2n) is 2.70. The average molecular weight is 277 g/mol. The van der Waals surface area contributed by atoms with Gasteiger partial charge in [-0.05, 0) is 19.6 Å². The van der Waals surface area contributed by atoms with Crippen molar-refractivity contribution in [3.05, 3.63) is 36.0 Å². The summed E-state index contributed by atoms with van der Waals surface area (Å²) in [4.78, 5) is 19.2. The SMILES string of the molecule is C=C(C)C[C-]=O.O=[C-]C1=CC=CC1.[Ru+2]. The fourth-order valence-corrected chi connectivity index (χ4v) is 0.646. The minimum atomic E-state index is 0. The molecule has 0 saturated heterocycles. The molecule has 0 fully saturated rings. The maximum absolute atomic E-state index is 9.77. The van der Waals surface area contributed by atoms with Gasteiger partial charge in [0, 0.05) is 0 Å². The van der Waals surface area contributed by atoms with Crippen molar-refractivity contribution in [1.82, 2.24) is 0 Å². The van der Waals surface area contributed by atoms with Gasteiger partial charge in [0.1, 0.15) is 0 Å². The van der Waals surface area contributed by atoms with Crippen molar-refractivity contribution in [3.63, 3.8) is 0 Å². The van der Waals surface area contributed by atoms with E-state index in [0.717, 1.165) is 17.6 Å². The van der Waals surface area contributed by atoms with Crippen LogP contribution >= 0.6 is 0 Å². The minimum absolute atomic E-state index is 0. The zero-order valence-corrected chi connectivity index (χ0v) is 9.76. The van der Waals surface area contributed by atoms with Crippen LogP contribution in [0.2, 0.25) is 0 Å². The molecule has 0 aliphatic heterocycles. The second kappa shape index (κ2) is 10.3. The van der Waals surface area contributed by atoms with Crippen molar-refractivity contribution in [2.24, 2.45) is 0 Å². The first-order chi connectivity index (χ1) is 6.20. The summed E-state index contributed by atoms with van der Waals surface area (Å²) in [5, 5.41) is 0. The fraction of sp³-hybridized carbons (Fsp3) is 0.273. The van der Waals surface area contributed by atoms with E-state index in [2.05, 4.69) is 6.58 Å². The topological polar surface area (TPSA) is 34.1 Å². The molecule has 0 heterocycles. The third-order valence-corrected chi connectivity index (χ3v) is 1.28. The van der Waals surface area contributed by atoms with Crippen molar-refractivity contribution in [1.29, 1.82) is 0 Å². The Morgan fingerprint density at radius 2 is 2.21 bits per heavy atom. The molecule has 1 aliphatic carbocycles. The third-order valence-electron chi connectivity index (χ3n) is 1.28. The van der Waals surface area contributed by atoms with Crippen molar-refractivity contribution >= 4 is 12.6 Å². The molecule has 2 nitrogen and oxygen atoms in total. The molecule has 1 rings (SSSR count). The summed E-state index contributed by atoms with van der Waals surface area (Å²) < 4.78 is 0. The Morgan fingerprint density at radius 1 is 1.57 bits per heavy atom. The second-order valence-corrected chi connectivity index (χ2v) is 2.70. The van der Waals surface area contributed by atoms with Crippen LogP contribution in [0.25, 0.3) is 0 Å². The van der Waals surface area contributed by atoms with Gasteiger partial charge >= 0.3 is 19.5 Å². The van der Waals surface area contributed by atoms with Crippen LogP contribution < -0.4 is 0 Å². The van der Waals surface area contributed by atoms with Gasteiger partial charge in [-0.1, -0.05) is 0 Å². The van der Waals surface area contributed by atoms with E-state index in [1.165, 1.54) is 0 Å². The van der Waals surface area contributed by atoms with Gasteiger partial charge in [-0.15, -0.1) is 30.7 Å². The molecular weight excluding hydrogens is 265 g/mol. The van der Waals surface area contributed by atoms with Gasteiger partial charge in [-0.25, -0.2) is 6.08 Å².